The molecule has 1 atom stereocenters. The average Bonchev–Trinajstić information content (AvgIpc) is 3.39. The highest BCUT2D eigenvalue weighted by molar-refractivity contribution is 5.92. The number of amides is 1. The number of aromatic nitrogens is 4. The Morgan fingerprint density at radius 2 is 2.04 bits per heavy atom. The van der Waals surface area contributed by atoms with Crippen LogP contribution in [0.15, 0.2) is 41.1 Å². The normalized spacial score (nSPS) is 16.2. The number of carbonyl (C=O) groups excluding carboxylic acids is 1. The van der Waals surface area contributed by atoms with Crippen LogP contribution in [0, 0.1) is 0 Å². The lowest BCUT2D eigenvalue weighted by atomic mass is 9.98. The molecule has 1 aliphatic heterocycles. The monoisotopic (exact) mass is 366 g/mol. The highest BCUT2D eigenvalue weighted by Gasteiger charge is 2.22. The molecule has 2 aromatic heterocycles. The van der Waals surface area contributed by atoms with Crippen molar-refractivity contribution in [2.24, 2.45) is 0 Å². The molecule has 0 saturated carbocycles. The summed E-state index contributed by atoms with van der Waals surface area (Å²) in [5.41, 5.74) is 1.29. The van der Waals surface area contributed by atoms with Gasteiger partial charge in [-0.1, -0.05) is 23.4 Å². The van der Waals surface area contributed by atoms with E-state index in [0.717, 1.165) is 37.3 Å². The number of imidazole rings is 1. The first kappa shape index (κ1) is 17.4. The number of hydrogen-bond donors (Lipinski definition) is 3. The van der Waals surface area contributed by atoms with Crippen LogP contribution in [0.25, 0.3) is 11.5 Å². The van der Waals surface area contributed by atoms with E-state index in [1.165, 1.54) is 0 Å². The van der Waals surface area contributed by atoms with E-state index in [2.05, 4.69) is 30.7 Å². The van der Waals surface area contributed by atoms with Crippen molar-refractivity contribution in [1.82, 2.24) is 30.7 Å². The van der Waals surface area contributed by atoms with Gasteiger partial charge < -0.3 is 20.1 Å². The molecule has 1 unspecified atom stereocenters. The molecular weight excluding hydrogens is 344 g/mol. The molecule has 3 aromatic rings. The van der Waals surface area contributed by atoms with Crippen molar-refractivity contribution in [2.75, 3.05) is 13.1 Å². The van der Waals surface area contributed by atoms with Crippen LogP contribution in [-0.2, 0) is 0 Å². The maximum absolute atomic E-state index is 12.5. The van der Waals surface area contributed by atoms with E-state index in [0.29, 0.717) is 23.3 Å². The third-order valence-corrected chi connectivity index (χ3v) is 4.76. The average molecular weight is 366 g/mol. The molecule has 1 aliphatic rings. The number of rotatable bonds is 5. The standard InChI is InChI=1S/C19H22N6O2/c1-12(16-24-19(27-25-16)14-5-3-2-4-6-14)22-18(26)15-11-21-17(23-15)13-7-9-20-10-8-13/h2-6,11-13,20H,7-10H2,1H3,(H,21,23)(H,22,26). The molecule has 1 fully saturated rings. The van der Waals surface area contributed by atoms with Crippen molar-refractivity contribution in [3.8, 4) is 11.5 Å². The maximum Gasteiger partial charge on any atom is 0.269 e. The number of piperidine rings is 1. The minimum absolute atomic E-state index is 0.235. The van der Waals surface area contributed by atoms with Crippen molar-refractivity contribution in [1.29, 1.82) is 0 Å². The Labute approximate surface area is 156 Å². The largest absolute Gasteiger partial charge is 0.341 e. The second kappa shape index (κ2) is 7.71. The molecule has 0 spiro atoms. The van der Waals surface area contributed by atoms with E-state index in [-0.39, 0.29) is 11.9 Å². The van der Waals surface area contributed by atoms with Gasteiger partial charge in [0.15, 0.2) is 5.82 Å². The highest BCUT2D eigenvalue weighted by Crippen LogP contribution is 2.23. The third kappa shape index (κ3) is 3.90. The zero-order valence-corrected chi connectivity index (χ0v) is 15.1. The van der Waals surface area contributed by atoms with Gasteiger partial charge in [-0.05, 0) is 45.0 Å². The number of H-pyrrole nitrogens is 1. The molecule has 0 bridgehead atoms. The van der Waals surface area contributed by atoms with Crippen LogP contribution in [-0.4, -0.2) is 39.1 Å². The number of benzene rings is 1. The van der Waals surface area contributed by atoms with Gasteiger partial charge in [0, 0.05) is 11.5 Å². The zero-order valence-electron chi connectivity index (χ0n) is 15.1. The summed E-state index contributed by atoms with van der Waals surface area (Å²) >= 11 is 0. The Bertz CT molecular complexity index is 898. The van der Waals surface area contributed by atoms with Crippen LogP contribution < -0.4 is 10.6 Å². The van der Waals surface area contributed by atoms with Crippen LogP contribution >= 0.6 is 0 Å². The summed E-state index contributed by atoms with van der Waals surface area (Å²) in [7, 11) is 0. The zero-order chi connectivity index (χ0) is 18.6. The minimum Gasteiger partial charge on any atom is -0.341 e. The van der Waals surface area contributed by atoms with Crippen LogP contribution in [0.1, 0.15) is 53.9 Å². The molecule has 1 amide bonds. The molecule has 0 radical (unpaired) electrons. The summed E-state index contributed by atoms with van der Waals surface area (Å²) < 4.78 is 5.30. The fourth-order valence-electron chi connectivity index (χ4n) is 3.20. The van der Waals surface area contributed by atoms with Crippen molar-refractivity contribution in [3.63, 3.8) is 0 Å². The lowest BCUT2D eigenvalue weighted by Crippen LogP contribution is -2.28. The molecule has 1 saturated heterocycles. The third-order valence-electron chi connectivity index (χ3n) is 4.76. The van der Waals surface area contributed by atoms with Crippen molar-refractivity contribution in [3.05, 3.63) is 53.9 Å². The predicted octanol–water partition coefficient (Wildman–Crippen LogP) is 2.42. The van der Waals surface area contributed by atoms with Gasteiger partial charge >= 0.3 is 0 Å². The molecule has 27 heavy (non-hydrogen) atoms. The summed E-state index contributed by atoms with van der Waals surface area (Å²) in [4.78, 5) is 24.4. The van der Waals surface area contributed by atoms with Crippen molar-refractivity contribution >= 4 is 5.91 Å². The van der Waals surface area contributed by atoms with Crippen LogP contribution in [0.2, 0.25) is 0 Å². The van der Waals surface area contributed by atoms with E-state index in [1.54, 1.807) is 6.20 Å². The second-order valence-electron chi connectivity index (χ2n) is 6.73. The Morgan fingerprint density at radius 3 is 2.81 bits per heavy atom. The topological polar surface area (TPSA) is 109 Å². The highest BCUT2D eigenvalue weighted by atomic mass is 16.5. The van der Waals surface area contributed by atoms with Crippen LogP contribution in [0.5, 0.6) is 0 Å². The molecule has 3 N–H and O–H groups in total. The molecule has 1 aromatic carbocycles. The van der Waals surface area contributed by atoms with E-state index in [9.17, 15) is 4.79 Å². The minimum atomic E-state index is -0.385. The van der Waals surface area contributed by atoms with Gasteiger partial charge in [0.2, 0.25) is 0 Å². The van der Waals surface area contributed by atoms with Gasteiger partial charge in [-0.25, -0.2) is 4.98 Å². The second-order valence-corrected chi connectivity index (χ2v) is 6.73. The first-order valence-corrected chi connectivity index (χ1v) is 9.16. The quantitative estimate of drug-likeness (QED) is 0.640. The molecule has 8 heteroatoms. The van der Waals surface area contributed by atoms with Crippen LogP contribution in [0.4, 0.5) is 0 Å². The van der Waals surface area contributed by atoms with Gasteiger partial charge in [-0.3, -0.25) is 4.79 Å². The van der Waals surface area contributed by atoms with Gasteiger partial charge in [0.25, 0.3) is 11.8 Å². The number of aromatic amines is 1. The van der Waals surface area contributed by atoms with Gasteiger partial charge in [0.1, 0.15) is 11.5 Å². The lowest BCUT2D eigenvalue weighted by Gasteiger charge is -2.20. The first-order chi connectivity index (χ1) is 13.2. The molecule has 140 valence electrons. The fourth-order valence-corrected chi connectivity index (χ4v) is 3.20. The van der Waals surface area contributed by atoms with E-state index in [4.69, 9.17) is 4.52 Å². The molecule has 3 heterocycles. The smallest absolute Gasteiger partial charge is 0.269 e. The van der Waals surface area contributed by atoms with Crippen molar-refractivity contribution in [2.45, 2.75) is 31.7 Å². The van der Waals surface area contributed by atoms with Crippen LogP contribution in [0.3, 0.4) is 0 Å². The lowest BCUT2D eigenvalue weighted by molar-refractivity contribution is 0.0933. The molecule has 0 aliphatic carbocycles. The van der Waals surface area contributed by atoms with Gasteiger partial charge in [-0.15, -0.1) is 0 Å². The van der Waals surface area contributed by atoms with E-state index >= 15 is 0 Å². The number of nitrogens with one attached hydrogen (secondary N) is 3. The Kier molecular flexibility index (Phi) is 4.97. The summed E-state index contributed by atoms with van der Waals surface area (Å²) in [6.07, 6.45) is 3.64. The SMILES string of the molecule is CC(NC(=O)c1cnc(C2CCNCC2)[nH]1)c1noc(-c2ccccc2)n1. The summed E-state index contributed by atoms with van der Waals surface area (Å²) in [5, 5.41) is 10.2. The van der Waals surface area contributed by atoms with Gasteiger partial charge in [0.05, 0.1) is 12.2 Å². The number of nitrogens with zero attached hydrogens (tertiary/aromatic N) is 3. The maximum atomic E-state index is 12.5. The Morgan fingerprint density at radius 1 is 1.26 bits per heavy atom. The molecular formula is C19H22N6O2. The summed E-state index contributed by atoms with van der Waals surface area (Å²) in [6.45, 7) is 3.78. The first-order valence-electron chi connectivity index (χ1n) is 9.16. The summed E-state index contributed by atoms with van der Waals surface area (Å²) in [5.74, 6) is 1.87. The Hall–Kier alpha value is -3.00. The van der Waals surface area contributed by atoms with E-state index < -0.39 is 0 Å². The fraction of sp³-hybridized carbons (Fsp3) is 0.368. The van der Waals surface area contributed by atoms with E-state index in [1.807, 2.05) is 37.3 Å². The molecule has 8 nitrogen and oxygen atoms in total. The predicted molar refractivity (Wildman–Crippen MR) is 99.0 cm³/mol. The van der Waals surface area contributed by atoms with Gasteiger partial charge in [-0.2, -0.15) is 4.98 Å². The number of carbonyl (C=O) groups is 1. The summed E-state index contributed by atoms with van der Waals surface area (Å²) in [6, 6.07) is 9.14. The number of hydrogen-bond acceptors (Lipinski definition) is 6. The molecule has 4 rings (SSSR count). The van der Waals surface area contributed by atoms with Crippen molar-refractivity contribution < 1.29 is 9.32 Å². The Balaban J connectivity index is 1.41.